The average molecular weight is 550 g/mol. The van der Waals surface area contributed by atoms with Gasteiger partial charge in [-0.25, -0.2) is 8.42 Å². The molecule has 0 fully saturated rings. The fourth-order valence-corrected chi connectivity index (χ4v) is 5.76. The lowest BCUT2D eigenvalue weighted by Crippen LogP contribution is -2.53. The van der Waals surface area contributed by atoms with E-state index in [1.165, 1.54) is 17.0 Å². The number of anilines is 1. The molecule has 8 heteroatoms. The number of carbonyl (C=O) groups is 2. The first-order valence-electron chi connectivity index (χ1n) is 13.4. The first kappa shape index (κ1) is 29.9. The Hall–Kier alpha value is -3.65. The molecule has 0 radical (unpaired) electrons. The zero-order valence-corrected chi connectivity index (χ0v) is 24.2. The topological polar surface area (TPSA) is 86.8 Å². The molecule has 0 bridgehead atoms. The summed E-state index contributed by atoms with van der Waals surface area (Å²) in [7, 11) is -4.07. The largest absolute Gasteiger partial charge is 0.352 e. The van der Waals surface area contributed by atoms with E-state index in [0.29, 0.717) is 12.1 Å². The summed E-state index contributed by atoms with van der Waals surface area (Å²) in [5.41, 5.74) is 3.25. The number of nitrogens with zero attached hydrogens (tertiary/aromatic N) is 2. The minimum absolute atomic E-state index is 0.0509. The van der Waals surface area contributed by atoms with Crippen LogP contribution in [-0.4, -0.2) is 43.8 Å². The SMILES string of the molecule is CCC(C)NC(=O)C(CC)N(Cc1cccc(C)c1)C(=O)CN(c1ccc(C)cc1)S(=O)(=O)c1ccccc1. The number of amides is 2. The highest BCUT2D eigenvalue weighted by molar-refractivity contribution is 7.92. The Kier molecular flexibility index (Phi) is 10.3. The predicted octanol–water partition coefficient (Wildman–Crippen LogP) is 5.22. The van der Waals surface area contributed by atoms with Crippen LogP contribution >= 0.6 is 0 Å². The lowest BCUT2D eigenvalue weighted by atomic mass is 10.1. The summed E-state index contributed by atoms with van der Waals surface area (Å²) >= 11 is 0. The summed E-state index contributed by atoms with van der Waals surface area (Å²) in [5, 5.41) is 3.00. The number of nitrogens with one attached hydrogen (secondary N) is 1. The average Bonchev–Trinajstić information content (AvgIpc) is 2.92. The Balaban J connectivity index is 2.04. The number of rotatable bonds is 12. The molecule has 2 amide bonds. The quantitative estimate of drug-likeness (QED) is 0.336. The summed E-state index contributed by atoms with van der Waals surface area (Å²) < 4.78 is 28.8. The van der Waals surface area contributed by atoms with Crippen LogP contribution in [-0.2, 0) is 26.2 Å². The van der Waals surface area contributed by atoms with Crippen LogP contribution in [0.4, 0.5) is 5.69 Å². The highest BCUT2D eigenvalue weighted by atomic mass is 32.2. The molecule has 0 saturated carbocycles. The summed E-state index contributed by atoms with van der Waals surface area (Å²) in [6.45, 7) is 9.37. The molecule has 2 atom stereocenters. The molecule has 3 aromatic carbocycles. The second kappa shape index (κ2) is 13.4. The Morgan fingerprint density at radius 2 is 1.51 bits per heavy atom. The fraction of sp³-hybridized carbons (Fsp3) is 0.355. The van der Waals surface area contributed by atoms with Crippen LogP contribution in [0, 0.1) is 13.8 Å². The molecule has 0 aromatic heterocycles. The van der Waals surface area contributed by atoms with Gasteiger partial charge in [0.25, 0.3) is 10.0 Å². The van der Waals surface area contributed by atoms with Crippen LogP contribution in [0.3, 0.4) is 0 Å². The van der Waals surface area contributed by atoms with Crippen molar-refractivity contribution in [2.75, 3.05) is 10.8 Å². The van der Waals surface area contributed by atoms with Crippen molar-refractivity contribution in [1.29, 1.82) is 0 Å². The molecule has 2 unspecified atom stereocenters. The summed E-state index contributed by atoms with van der Waals surface area (Å²) in [4.78, 5) is 29.0. The second-order valence-corrected chi connectivity index (χ2v) is 11.8. The van der Waals surface area contributed by atoms with E-state index in [-0.39, 0.29) is 23.4 Å². The highest BCUT2D eigenvalue weighted by Gasteiger charge is 2.33. The van der Waals surface area contributed by atoms with Gasteiger partial charge in [0, 0.05) is 12.6 Å². The monoisotopic (exact) mass is 549 g/mol. The molecule has 1 N–H and O–H groups in total. The molecule has 0 saturated heterocycles. The predicted molar refractivity (Wildman–Crippen MR) is 156 cm³/mol. The molecular weight excluding hydrogens is 510 g/mol. The summed E-state index contributed by atoms with van der Waals surface area (Å²) in [6.07, 6.45) is 1.14. The van der Waals surface area contributed by atoms with Gasteiger partial charge in [-0.15, -0.1) is 0 Å². The van der Waals surface area contributed by atoms with E-state index in [2.05, 4.69) is 5.32 Å². The van der Waals surface area contributed by atoms with E-state index in [1.54, 1.807) is 30.3 Å². The van der Waals surface area contributed by atoms with Crippen LogP contribution in [0.25, 0.3) is 0 Å². The maximum atomic E-state index is 14.1. The maximum Gasteiger partial charge on any atom is 0.264 e. The van der Waals surface area contributed by atoms with Crippen LogP contribution in [0.5, 0.6) is 0 Å². The first-order valence-corrected chi connectivity index (χ1v) is 14.8. The van der Waals surface area contributed by atoms with Crippen molar-refractivity contribution >= 4 is 27.5 Å². The normalized spacial score (nSPS) is 12.8. The summed E-state index contributed by atoms with van der Waals surface area (Å²) in [6, 6.07) is 22.0. The molecule has 3 rings (SSSR count). The standard InChI is InChI=1S/C31H39N3O4S/c1-6-25(5)32-31(36)29(7-2)33(21-26-13-11-12-24(4)20-26)30(35)22-34(27-18-16-23(3)17-19-27)39(37,38)28-14-9-8-10-15-28/h8-20,25,29H,6-7,21-22H2,1-5H3,(H,32,36). The Labute approximate surface area is 232 Å². The third-order valence-electron chi connectivity index (χ3n) is 6.75. The minimum Gasteiger partial charge on any atom is -0.352 e. The fourth-order valence-electron chi connectivity index (χ4n) is 4.33. The van der Waals surface area contributed by atoms with Gasteiger partial charge in [0.1, 0.15) is 12.6 Å². The van der Waals surface area contributed by atoms with Crippen molar-refractivity contribution in [3.63, 3.8) is 0 Å². The molecule has 39 heavy (non-hydrogen) atoms. The van der Waals surface area contributed by atoms with Gasteiger partial charge in [0.15, 0.2) is 0 Å². The van der Waals surface area contributed by atoms with Crippen molar-refractivity contribution < 1.29 is 18.0 Å². The third kappa shape index (κ3) is 7.69. The van der Waals surface area contributed by atoms with Gasteiger partial charge in [-0.05, 0) is 63.4 Å². The van der Waals surface area contributed by atoms with E-state index in [4.69, 9.17) is 0 Å². The Bertz CT molecular complexity index is 1360. The van der Waals surface area contributed by atoms with Crippen molar-refractivity contribution in [2.45, 2.75) is 71.0 Å². The van der Waals surface area contributed by atoms with Gasteiger partial charge in [0.05, 0.1) is 10.6 Å². The number of aryl methyl sites for hydroxylation is 2. The molecule has 7 nitrogen and oxygen atoms in total. The lowest BCUT2D eigenvalue weighted by Gasteiger charge is -2.33. The van der Waals surface area contributed by atoms with Crippen LogP contribution in [0.15, 0.2) is 83.8 Å². The second-order valence-electron chi connectivity index (χ2n) is 9.91. The number of benzene rings is 3. The zero-order valence-electron chi connectivity index (χ0n) is 23.4. The molecule has 0 aliphatic rings. The molecule has 0 spiro atoms. The van der Waals surface area contributed by atoms with Crippen molar-refractivity contribution in [2.24, 2.45) is 0 Å². The lowest BCUT2D eigenvalue weighted by molar-refractivity contribution is -0.140. The van der Waals surface area contributed by atoms with Gasteiger partial charge in [-0.1, -0.05) is 79.6 Å². The van der Waals surface area contributed by atoms with Gasteiger partial charge in [-0.3, -0.25) is 13.9 Å². The van der Waals surface area contributed by atoms with Crippen LogP contribution in [0.2, 0.25) is 0 Å². The van der Waals surface area contributed by atoms with E-state index in [1.807, 2.05) is 71.0 Å². The van der Waals surface area contributed by atoms with Gasteiger partial charge in [-0.2, -0.15) is 0 Å². The van der Waals surface area contributed by atoms with E-state index in [0.717, 1.165) is 27.4 Å². The molecule has 0 aliphatic carbocycles. The molecule has 208 valence electrons. The van der Waals surface area contributed by atoms with Crippen LogP contribution < -0.4 is 9.62 Å². The number of sulfonamides is 1. The smallest absolute Gasteiger partial charge is 0.264 e. The Morgan fingerprint density at radius 1 is 0.846 bits per heavy atom. The molecule has 0 aliphatic heterocycles. The maximum absolute atomic E-state index is 14.1. The molecular formula is C31H39N3O4S. The Morgan fingerprint density at radius 3 is 2.10 bits per heavy atom. The zero-order chi connectivity index (χ0) is 28.6. The highest BCUT2D eigenvalue weighted by Crippen LogP contribution is 2.25. The van der Waals surface area contributed by atoms with E-state index in [9.17, 15) is 18.0 Å². The van der Waals surface area contributed by atoms with Gasteiger partial charge < -0.3 is 10.2 Å². The first-order chi connectivity index (χ1) is 18.6. The third-order valence-corrected chi connectivity index (χ3v) is 8.54. The van der Waals surface area contributed by atoms with Gasteiger partial charge in [0.2, 0.25) is 11.8 Å². The number of carbonyl (C=O) groups excluding carboxylic acids is 2. The van der Waals surface area contributed by atoms with Crippen molar-refractivity contribution in [1.82, 2.24) is 10.2 Å². The van der Waals surface area contributed by atoms with Crippen molar-refractivity contribution in [3.05, 3.63) is 95.6 Å². The van der Waals surface area contributed by atoms with E-state index >= 15 is 0 Å². The summed E-state index contributed by atoms with van der Waals surface area (Å²) in [5.74, 6) is -0.705. The minimum atomic E-state index is -4.07. The molecule has 3 aromatic rings. The van der Waals surface area contributed by atoms with Gasteiger partial charge >= 0.3 is 0 Å². The molecule has 0 heterocycles. The number of hydrogen-bond acceptors (Lipinski definition) is 4. The van der Waals surface area contributed by atoms with Crippen molar-refractivity contribution in [3.8, 4) is 0 Å². The van der Waals surface area contributed by atoms with E-state index < -0.39 is 28.5 Å². The number of hydrogen-bond donors (Lipinski definition) is 1. The van der Waals surface area contributed by atoms with Crippen LogP contribution in [0.1, 0.15) is 50.3 Å².